The summed E-state index contributed by atoms with van der Waals surface area (Å²) in [5, 5.41) is 14.9. The van der Waals surface area contributed by atoms with Gasteiger partial charge in [-0.15, -0.1) is 11.3 Å². The normalized spacial score (nSPS) is 12.9. The summed E-state index contributed by atoms with van der Waals surface area (Å²) in [5.74, 6) is 0.297. The minimum absolute atomic E-state index is 0.297. The molecule has 0 aliphatic heterocycles. The van der Waals surface area contributed by atoms with Crippen LogP contribution in [0, 0.1) is 0 Å². The van der Waals surface area contributed by atoms with Crippen molar-refractivity contribution >= 4 is 32.3 Å². The number of aromatic nitrogens is 1. The lowest BCUT2D eigenvalue weighted by atomic mass is 9.95. The molecule has 4 aromatic rings. The van der Waals surface area contributed by atoms with E-state index in [2.05, 4.69) is 66.6 Å². The number of rotatable bonds is 4. The fourth-order valence-corrected chi connectivity index (χ4v) is 4.54. The first-order chi connectivity index (χ1) is 12.6. The number of phenolic OH excluding ortho intramolecular Hbond substituents is 1. The Morgan fingerprint density at radius 1 is 1.08 bits per heavy atom. The topological polar surface area (TPSA) is 36.4 Å². The van der Waals surface area contributed by atoms with Crippen molar-refractivity contribution in [2.24, 2.45) is 0 Å². The Labute approximate surface area is 157 Å². The van der Waals surface area contributed by atoms with Crippen LogP contribution in [-0.4, -0.2) is 29.1 Å². The Morgan fingerprint density at radius 2 is 1.85 bits per heavy atom. The van der Waals surface area contributed by atoms with Crippen molar-refractivity contribution in [3.05, 3.63) is 59.6 Å². The lowest BCUT2D eigenvalue weighted by Gasteiger charge is -2.23. The maximum Gasteiger partial charge on any atom is 0.124 e. The fourth-order valence-electron chi connectivity index (χ4n) is 3.78. The van der Waals surface area contributed by atoms with E-state index in [9.17, 15) is 5.11 Å². The monoisotopic (exact) mass is 362 g/mol. The van der Waals surface area contributed by atoms with E-state index in [0.29, 0.717) is 11.8 Å². The summed E-state index contributed by atoms with van der Waals surface area (Å²) in [6.45, 7) is 2.20. The Balaban J connectivity index is 1.91. The van der Waals surface area contributed by atoms with Crippen LogP contribution in [0.1, 0.15) is 24.9 Å². The second kappa shape index (κ2) is 6.71. The van der Waals surface area contributed by atoms with Crippen molar-refractivity contribution in [1.82, 2.24) is 9.88 Å². The average molecular weight is 362 g/mol. The molecule has 2 aromatic heterocycles. The lowest BCUT2D eigenvalue weighted by Crippen LogP contribution is -2.18. The van der Waals surface area contributed by atoms with Gasteiger partial charge in [0.2, 0.25) is 0 Å². The molecule has 0 spiro atoms. The van der Waals surface area contributed by atoms with E-state index in [4.69, 9.17) is 0 Å². The zero-order valence-corrected chi connectivity index (χ0v) is 16.0. The Bertz CT molecular complexity index is 1070. The van der Waals surface area contributed by atoms with E-state index in [1.807, 2.05) is 12.3 Å². The standard InChI is InChI=1S/C22H22N2OS/c1-4-18(24(2)3)14-5-7-15(8-6-14)21-19(25)10-9-17-22(21)16-11-12-26-20(16)13-23-17/h5-13,18,25H,4H2,1-3H3/t18-/m1/s1. The highest BCUT2D eigenvalue weighted by molar-refractivity contribution is 7.17. The van der Waals surface area contributed by atoms with Crippen molar-refractivity contribution < 1.29 is 5.11 Å². The maximum absolute atomic E-state index is 10.6. The SMILES string of the molecule is CC[C@H](c1ccc(-c2c(O)ccc3ncc4sccc4c23)cc1)N(C)C. The molecule has 26 heavy (non-hydrogen) atoms. The number of phenols is 1. The second-order valence-corrected chi connectivity index (χ2v) is 7.77. The fraction of sp³-hybridized carbons (Fsp3) is 0.227. The van der Waals surface area contributed by atoms with Gasteiger partial charge >= 0.3 is 0 Å². The third kappa shape index (κ3) is 2.75. The molecule has 1 atom stereocenters. The van der Waals surface area contributed by atoms with Crippen LogP contribution in [0.2, 0.25) is 0 Å². The van der Waals surface area contributed by atoms with E-state index in [0.717, 1.165) is 38.5 Å². The minimum Gasteiger partial charge on any atom is -0.507 e. The summed E-state index contributed by atoms with van der Waals surface area (Å²) in [5.41, 5.74) is 4.08. The Morgan fingerprint density at radius 3 is 2.54 bits per heavy atom. The molecule has 0 bridgehead atoms. The molecule has 0 amide bonds. The molecule has 2 heterocycles. The number of hydrogen-bond acceptors (Lipinski definition) is 4. The molecule has 0 saturated heterocycles. The molecule has 0 radical (unpaired) electrons. The van der Waals surface area contributed by atoms with Crippen LogP contribution in [0.15, 0.2) is 54.0 Å². The molecule has 3 nitrogen and oxygen atoms in total. The van der Waals surface area contributed by atoms with Gasteiger partial charge in [-0.1, -0.05) is 31.2 Å². The lowest BCUT2D eigenvalue weighted by molar-refractivity contribution is 0.292. The molecule has 1 N–H and O–H groups in total. The van der Waals surface area contributed by atoms with Gasteiger partial charge in [-0.3, -0.25) is 4.98 Å². The van der Waals surface area contributed by atoms with Crippen LogP contribution in [0.4, 0.5) is 0 Å². The van der Waals surface area contributed by atoms with Gasteiger partial charge in [-0.2, -0.15) is 0 Å². The predicted molar refractivity (Wildman–Crippen MR) is 111 cm³/mol. The van der Waals surface area contributed by atoms with Crippen LogP contribution >= 0.6 is 11.3 Å². The average Bonchev–Trinajstić information content (AvgIpc) is 3.12. The van der Waals surface area contributed by atoms with Crippen LogP contribution < -0.4 is 0 Å². The zero-order chi connectivity index (χ0) is 18.3. The molecule has 4 heteroatoms. The van der Waals surface area contributed by atoms with Gasteiger partial charge in [0.15, 0.2) is 0 Å². The van der Waals surface area contributed by atoms with Gasteiger partial charge in [0, 0.05) is 28.6 Å². The summed E-state index contributed by atoms with van der Waals surface area (Å²) in [4.78, 5) is 6.82. The number of benzene rings is 2. The summed E-state index contributed by atoms with van der Waals surface area (Å²) in [7, 11) is 4.22. The van der Waals surface area contributed by atoms with Crippen LogP contribution in [-0.2, 0) is 0 Å². The minimum atomic E-state index is 0.297. The van der Waals surface area contributed by atoms with E-state index in [1.165, 1.54) is 5.56 Å². The van der Waals surface area contributed by atoms with Crippen LogP contribution in [0.3, 0.4) is 0 Å². The van der Waals surface area contributed by atoms with E-state index in [1.54, 1.807) is 17.4 Å². The highest BCUT2D eigenvalue weighted by Gasteiger charge is 2.16. The summed E-state index contributed by atoms with van der Waals surface area (Å²) in [6.07, 6.45) is 2.97. The number of thiophene rings is 1. The zero-order valence-electron chi connectivity index (χ0n) is 15.2. The van der Waals surface area contributed by atoms with E-state index >= 15 is 0 Å². The first-order valence-corrected chi connectivity index (χ1v) is 9.72. The van der Waals surface area contributed by atoms with Crippen LogP contribution in [0.25, 0.3) is 32.1 Å². The largest absolute Gasteiger partial charge is 0.507 e. The summed E-state index contributed by atoms with van der Waals surface area (Å²) in [6, 6.07) is 14.7. The summed E-state index contributed by atoms with van der Waals surface area (Å²) >= 11 is 1.67. The third-order valence-electron chi connectivity index (χ3n) is 5.04. The van der Waals surface area contributed by atoms with E-state index in [-0.39, 0.29) is 0 Å². The number of pyridine rings is 1. The molecule has 0 saturated carbocycles. The van der Waals surface area contributed by atoms with Crippen molar-refractivity contribution in [3.8, 4) is 16.9 Å². The third-order valence-corrected chi connectivity index (χ3v) is 5.89. The van der Waals surface area contributed by atoms with Crippen molar-refractivity contribution in [2.75, 3.05) is 14.1 Å². The van der Waals surface area contributed by atoms with Crippen LogP contribution in [0.5, 0.6) is 5.75 Å². The first kappa shape index (κ1) is 17.0. The van der Waals surface area contributed by atoms with Crippen molar-refractivity contribution in [2.45, 2.75) is 19.4 Å². The highest BCUT2D eigenvalue weighted by atomic mass is 32.1. The molecule has 132 valence electrons. The number of hydrogen-bond donors (Lipinski definition) is 1. The quantitative estimate of drug-likeness (QED) is 0.496. The molecule has 0 fully saturated rings. The van der Waals surface area contributed by atoms with Crippen molar-refractivity contribution in [1.29, 1.82) is 0 Å². The molecular formula is C22H22N2OS. The van der Waals surface area contributed by atoms with Gasteiger partial charge in [0.25, 0.3) is 0 Å². The predicted octanol–water partition coefficient (Wildman–Crippen LogP) is 5.83. The number of nitrogens with zero attached hydrogens (tertiary/aromatic N) is 2. The molecule has 4 rings (SSSR count). The number of fused-ring (bicyclic) bond motifs is 3. The smallest absolute Gasteiger partial charge is 0.124 e. The molecule has 0 aliphatic carbocycles. The maximum atomic E-state index is 10.6. The van der Waals surface area contributed by atoms with E-state index < -0.39 is 0 Å². The Kier molecular flexibility index (Phi) is 4.39. The van der Waals surface area contributed by atoms with Crippen molar-refractivity contribution in [3.63, 3.8) is 0 Å². The molecule has 0 aliphatic rings. The number of aromatic hydroxyl groups is 1. The van der Waals surface area contributed by atoms with Gasteiger partial charge < -0.3 is 10.0 Å². The van der Waals surface area contributed by atoms with Gasteiger partial charge in [-0.25, -0.2) is 0 Å². The summed E-state index contributed by atoms with van der Waals surface area (Å²) < 4.78 is 1.14. The molecular weight excluding hydrogens is 340 g/mol. The highest BCUT2D eigenvalue weighted by Crippen LogP contribution is 2.40. The van der Waals surface area contributed by atoms with Gasteiger partial charge in [0.1, 0.15) is 5.75 Å². The second-order valence-electron chi connectivity index (χ2n) is 6.82. The van der Waals surface area contributed by atoms with Gasteiger partial charge in [0.05, 0.1) is 10.2 Å². The molecule has 0 unspecified atom stereocenters. The Hall–Kier alpha value is -2.43. The molecule has 2 aromatic carbocycles. The first-order valence-electron chi connectivity index (χ1n) is 8.84. The van der Waals surface area contributed by atoms with Gasteiger partial charge in [-0.05, 0) is 55.2 Å².